The highest BCUT2D eigenvalue weighted by atomic mass is 32.2. The molecule has 0 spiro atoms. The Balaban J connectivity index is 1.28. The monoisotopic (exact) mass is 567 g/mol. The van der Waals surface area contributed by atoms with Gasteiger partial charge in [-0.2, -0.15) is 0 Å². The largest absolute Gasteiger partial charge is 0.501 e. The molecule has 0 radical (unpaired) electrons. The number of sulfone groups is 1. The second-order valence-corrected chi connectivity index (χ2v) is 11.8. The predicted molar refractivity (Wildman–Crippen MR) is 155 cm³/mol. The number of fused-ring (bicyclic) bond motifs is 2. The summed E-state index contributed by atoms with van der Waals surface area (Å²) in [5.41, 5.74) is 3.99. The first-order valence-corrected chi connectivity index (χ1v) is 14.7. The van der Waals surface area contributed by atoms with Gasteiger partial charge in [-0.15, -0.1) is 0 Å². The number of carbonyl (C=O) groups excluding carboxylic acids is 2. The van der Waals surface area contributed by atoms with E-state index in [1.165, 1.54) is 12.1 Å². The lowest BCUT2D eigenvalue weighted by atomic mass is 10.0. The Morgan fingerprint density at radius 3 is 2.51 bits per heavy atom. The molecule has 41 heavy (non-hydrogen) atoms. The molecule has 1 aliphatic rings. The minimum Gasteiger partial charge on any atom is -0.501 e. The average Bonchev–Trinajstić information content (AvgIpc) is 3.65. The fourth-order valence-electron chi connectivity index (χ4n) is 4.65. The van der Waals surface area contributed by atoms with Gasteiger partial charge in [-0.3, -0.25) is 19.9 Å². The molecule has 0 saturated carbocycles. The number of anilines is 1. The fraction of sp³-hybridized carbons (Fsp3) is 0.133. The van der Waals surface area contributed by atoms with Crippen molar-refractivity contribution in [1.29, 1.82) is 0 Å². The van der Waals surface area contributed by atoms with Crippen LogP contribution in [0.25, 0.3) is 27.4 Å². The standard InChI is InChI=1S/C30H25N5O5S/c1-41(38,39)23-8-6-18(7-9-23)15-32-28(36)24-12-22(21-10-11-40-17-21)14-25-27(24)34-30(33-25)35-29(37)26-13-19-4-2-3-5-20(19)16-31-26/h2-9,12-14,16-17H,10-11,15H2,1H3,(H,32,36)(H2,33,34,35,37). The zero-order chi connectivity index (χ0) is 28.6. The van der Waals surface area contributed by atoms with E-state index >= 15 is 0 Å². The minimum atomic E-state index is -3.31. The number of nitrogens with one attached hydrogen (secondary N) is 3. The number of ether oxygens (including phenoxy) is 1. The third-order valence-corrected chi connectivity index (χ3v) is 7.95. The maximum Gasteiger partial charge on any atom is 0.276 e. The van der Waals surface area contributed by atoms with Crippen LogP contribution in [-0.2, 0) is 21.1 Å². The summed E-state index contributed by atoms with van der Waals surface area (Å²) in [4.78, 5) is 38.5. The number of rotatable bonds is 7. The highest BCUT2D eigenvalue weighted by Crippen LogP contribution is 2.29. The molecule has 3 aromatic carbocycles. The first kappa shape index (κ1) is 26.2. The number of aromatic nitrogens is 3. The van der Waals surface area contributed by atoms with Crippen molar-refractivity contribution in [3.63, 3.8) is 0 Å². The molecule has 6 rings (SSSR count). The molecule has 0 bridgehead atoms. The lowest BCUT2D eigenvalue weighted by molar-refractivity contribution is 0.0951. The quantitative estimate of drug-likeness (QED) is 0.264. The van der Waals surface area contributed by atoms with Gasteiger partial charge in [0.2, 0.25) is 5.95 Å². The van der Waals surface area contributed by atoms with Gasteiger partial charge in [0, 0.05) is 30.8 Å². The van der Waals surface area contributed by atoms with E-state index in [-0.39, 0.29) is 29.0 Å². The molecule has 0 saturated heterocycles. The van der Waals surface area contributed by atoms with Crippen LogP contribution in [0.1, 0.15) is 38.4 Å². The summed E-state index contributed by atoms with van der Waals surface area (Å²) >= 11 is 0. The third-order valence-electron chi connectivity index (χ3n) is 6.82. The Labute approximate surface area is 235 Å². The SMILES string of the molecule is CS(=O)(=O)c1ccc(CNC(=O)c2cc(C3=COCC3)cc3[nH]c(NC(=O)c4cc5ccccc5cn4)nc23)cc1. The molecule has 10 nitrogen and oxygen atoms in total. The van der Waals surface area contributed by atoms with Crippen LogP contribution >= 0.6 is 0 Å². The van der Waals surface area contributed by atoms with Crippen molar-refractivity contribution in [2.24, 2.45) is 0 Å². The van der Waals surface area contributed by atoms with Gasteiger partial charge in [-0.25, -0.2) is 13.4 Å². The van der Waals surface area contributed by atoms with Crippen LogP contribution < -0.4 is 10.6 Å². The number of imidazole rings is 1. The topological polar surface area (TPSA) is 143 Å². The molecule has 0 unspecified atom stereocenters. The van der Waals surface area contributed by atoms with Gasteiger partial charge in [0.1, 0.15) is 11.2 Å². The number of hydrogen-bond donors (Lipinski definition) is 3. The van der Waals surface area contributed by atoms with Crippen LogP contribution in [0.3, 0.4) is 0 Å². The van der Waals surface area contributed by atoms with Crippen LogP contribution in [0.5, 0.6) is 0 Å². The number of nitrogens with zero attached hydrogens (tertiary/aromatic N) is 2. The molecule has 3 N–H and O–H groups in total. The zero-order valence-corrected chi connectivity index (χ0v) is 22.8. The van der Waals surface area contributed by atoms with E-state index in [0.717, 1.165) is 33.7 Å². The third kappa shape index (κ3) is 5.52. The average molecular weight is 568 g/mol. The summed E-state index contributed by atoms with van der Waals surface area (Å²) in [6, 6.07) is 19.3. The van der Waals surface area contributed by atoms with Crippen molar-refractivity contribution in [3.8, 4) is 0 Å². The van der Waals surface area contributed by atoms with Gasteiger partial charge in [0.25, 0.3) is 11.8 Å². The number of pyridine rings is 1. The Hall–Kier alpha value is -5.03. The Morgan fingerprint density at radius 1 is 1.00 bits per heavy atom. The van der Waals surface area contributed by atoms with Gasteiger partial charge in [0.05, 0.1) is 28.8 Å². The summed E-state index contributed by atoms with van der Waals surface area (Å²) in [6.07, 6.45) is 5.16. The molecule has 3 heterocycles. The molecular weight excluding hydrogens is 542 g/mol. The lowest BCUT2D eigenvalue weighted by Gasteiger charge is -2.09. The van der Waals surface area contributed by atoms with Gasteiger partial charge in [-0.05, 0) is 52.4 Å². The molecule has 0 aliphatic carbocycles. The fourth-order valence-corrected chi connectivity index (χ4v) is 5.28. The summed E-state index contributed by atoms with van der Waals surface area (Å²) < 4.78 is 28.9. The smallest absolute Gasteiger partial charge is 0.276 e. The first-order chi connectivity index (χ1) is 19.7. The second-order valence-electron chi connectivity index (χ2n) is 9.74. The van der Waals surface area contributed by atoms with Gasteiger partial charge >= 0.3 is 0 Å². The molecule has 2 amide bonds. The maximum absolute atomic E-state index is 13.4. The van der Waals surface area contributed by atoms with Crippen molar-refractivity contribution in [3.05, 3.63) is 102 Å². The molecule has 0 fully saturated rings. The van der Waals surface area contributed by atoms with Crippen molar-refractivity contribution in [1.82, 2.24) is 20.3 Å². The van der Waals surface area contributed by atoms with E-state index in [1.54, 1.807) is 36.7 Å². The van der Waals surface area contributed by atoms with Crippen molar-refractivity contribution in [2.75, 3.05) is 18.2 Å². The molecule has 11 heteroatoms. The van der Waals surface area contributed by atoms with Gasteiger partial charge < -0.3 is 15.0 Å². The van der Waals surface area contributed by atoms with E-state index < -0.39 is 15.7 Å². The Morgan fingerprint density at radius 2 is 1.78 bits per heavy atom. The number of aromatic amines is 1. The van der Waals surface area contributed by atoms with Gasteiger partial charge in [-0.1, -0.05) is 36.4 Å². The summed E-state index contributed by atoms with van der Waals surface area (Å²) in [5, 5.41) is 7.45. The minimum absolute atomic E-state index is 0.180. The summed E-state index contributed by atoms with van der Waals surface area (Å²) in [5.74, 6) is -0.631. The van der Waals surface area contributed by atoms with E-state index in [4.69, 9.17) is 4.74 Å². The van der Waals surface area contributed by atoms with Crippen molar-refractivity contribution < 1.29 is 22.7 Å². The zero-order valence-electron chi connectivity index (χ0n) is 22.0. The molecule has 2 aromatic heterocycles. The van der Waals surface area contributed by atoms with E-state index in [0.29, 0.717) is 29.6 Å². The lowest BCUT2D eigenvalue weighted by Crippen LogP contribution is -2.23. The predicted octanol–water partition coefficient (Wildman–Crippen LogP) is 4.46. The van der Waals surface area contributed by atoms with Gasteiger partial charge in [0.15, 0.2) is 9.84 Å². The van der Waals surface area contributed by atoms with E-state index in [2.05, 4.69) is 25.6 Å². The number of carbonyl (C=O) groups is 2. The van der Waals surface area contributed by atoms with E-state index in [9.17, 15) is 18.0 Å². The van der Waals surface area contributed by atoms with Crippen LogP contribution in [0.2, 0.25) is 0 Å². The number of benzene rings is 3. The molecular formula is C30H25N5O5S. The van der Waals surface area contributed by atoms with Crippen molar-refractivity contribution in [2.45, 2.75) is 17.9 Å². The Kier molecular flexibility index (Phi) is 6.72. The normalized spacial score (nSPS) is 13.1. The van der Waals surface area contributed by atoms with Crippen LogP contribution in [0.15, 0.2) is 84.1 Å². The second kappa shape index (κ2) is 10.5. The number of H-pyrrole nitrogens is 1. The van der Waals surface area contributed by atoms with Crippen LogP contribution in [-0.4, -0.2) is 48.0 Å². The Bertz CT molecular complexity index is 1960. The summed E-state index contributed by atoms with van der Waals surface area (Å²) in [7, 11) is -3.31. The summed E-state index contributed by atoms with van der Waals surface area (Å²) in [6.45, 7) is 0.740. The molecule has 206 valence electrons. The van der Waals surface area contributed by atoms with Crippen molar-refractivity contribution >= 4 is 55.0 Å². The molecule has 0 atom stereocenters. The number of amides is 2. The number of hydrogen-bond acceptors (Lipinski definition) is 7. The van der Waals surface area contributed by atoms with E-state index in [1.807, 2.05) is 30.3 Å². The molecule has 1 aliphatic heterocycles. The van der Waals surface area contributed by atoms with Crippen LogP contribution in [0.4, 0.5) is 5.95 Å². The van der Waals surface area contributed by atoms with Crippen LogP contribution in [0, 0.1) is 0 Å². The molecule has 5 aromatic rings. The highest BCUT2D eigenvalue weighted by Gasteiger charge is 2.20. The highest BCUT2D eigenvalue weighted by molar-refractivity contribution is 7.90. The maximum atomic E-state index is 13.4. The first-order valence-electron chi connectivity index (χ1n) is 12.8.